The Bertz CT molecular complexity index is 375. The van der Waals surface area contributed by atoms with Gasteiger partial charge in [-0.15, -0.1) is 0 Å². The van der Waals surface area contributed by atoms with Crippen LogP contribution in [0.1, 0.15) is 15.9 Å². The van der Waals surface area contributed by atoms with E-state index in [-0.39, 0.29) is 6.54 Å². The Hall–Kier alpha value is -1.55. The highest BCUT2D eigenvalue weighted by atomic mass is 35.5. The molecule has 15 heavy (non-hydrogen) atoms. The average Bonchev–Trinajstić information content (AvgIpc) is 2.18. The van der Waals surface area contributed by atoms with Crippen LogP contribution in [0, 0.1) is 0 Å². The number of nitrogens with zero attached hydrogens (tertiary/aromatic N) is 1. The fourth-order valence-corrected chi connectivity index (χ4v) is 1.21. The van der Waals surface area contributed by atoms with E-state index in [0.717, 1.165) is 10.5 Å². The minimum absolute atomic E-state index is 0.284. The quantitative estimate of drug-likeness (QED) is 0.806. The molecule has 0 unspecified atom stereocenters. The van der Waals surface area contributed by atoms with Crippen LogP contribution in [0.2, 0.25) is 0 Å². The van der Waals surface area contributed by atoms with E-state index in [4.69, 9.17) is 16.7 Å². The number of hydrogen-bond acceptors (Lipinski definition) is 2. The molecule has 1 rings (SSSR count). The maximum absolute atomic E-state index is 10.7. The van der Waals surface area contributed by atoms with Crippen molar-refractivity contribution in [1.82, 2.24) is 4.90 Å². The normalized spacial score (nSPS) is 9.73. The molecule has 0 bridgehead atoms. The fraction of sp³-hybridized carbons (Fsp3) is 0.200. The number of halogens is 1. The Balaban J connectivity index is 2.72. The van der Waals surface area contributed by atoms with Crippen molar-refractivity contribution < 1.29 is 14.7 Å². The lowest BCUT2D eigenvalue weighted by atomic mass is 10.1. The molecule has 1 aromatic rings. The molecule has 0 heterocycles. The van der Waals surface area contributed by atoms with Crippen molar-refractivity contribution in [2.24, 2.45) is 0 Å². The topological polar surface area (TPSA) is 57.6 Å². The van der Waals surface area contributed by atoms with Gasteiger partial charge in [0.25, 0.3) is 5.24 Å². The summed E-state index contributed by atoms with van der Waals surface area (Å²) in [6.07, 6.45) is -0.993. The summed E-state index contributed by atoms with van der Waals surface area (Å²) in [5.74, 6) is 0. The minimum atomic E-state index is -0.993. The maximum atomic E-state index is 10.7. The highest BCUT2D eigenvalue weighted by molar-refractivity contribution is 6.67. The highest BCUT2D eigenvalue weighted by Crippen LogP contribution is 2.08. The predicted molar refractivity (Wildman–Crippen MR) is 56.1 cm³/mol. The second kappa shape index (κ2) is 4.79. The Morgan fingerprint density at radius 2 is 1.87 bits per heavy atom. The van der Waals surface area contributed by atoms with Crippen molar-refractivity contribution in [1.29, 1.82) is 0 Å². The molecule has 0 fully saturated rings. The van der Waals surface area contributed by atoms with Crippen LogP contribution in [0.3, 0.4) is 0 Å². The third-order valence-corrected chi connectivity index (χ3v) is 2.15. The molecule has 0 aliphatic rings. The molecule has 1 amide bonds. The third kappa shape index (κ3) is 3.25. The molecule has 0 spiro atoms. The Morgan fingerprint density at radius 1 is 1.33 bits per heavy atom. The first kappa shape index (κ1) is 11.5. The molecule has 1 aromatic carbocycles. The number of amides is 1. The van der Waals surface area contributed by atoms with Gasteiger partial charge in [0, 0.05) is 19.2 Å². The second-order valence-corrected chi connectivity index (χ2v) is 3.45. The molecule has 1 N–H and O–H groups in total. The fourth-order valence-electron chi connectivity index (χ4n) is 1.08. The lowest BCUT2D eigenvalue weighted by molar-refractivity contribution is 0.108. The monoisotopic (exact) mass is 227 g/mol. The van der Waals surface area contributed by atoms with Gasteiger partial charge < -0.3 is 10.0 Å². The SMILES string of the molecule is CN(Cc1ccc(C(=O)Cl)cc1)C(=O)O. The standard InChI is InChI=1S/C10H10ClNO3/c1-12(10(14)15)6-7-2-4-8(5-3-7)9(11)13/h2-5H,6H2,1H3,(H,14,15). The zero-order valence-electron chi connectivity index (χ0n) is 8.11. The molecule has 0 radical (unpaired) electrons. The van der Waals surface area contributed by atoms with E-state index in [9.17, 15) is 9.59 Å². The zero-order chi connectivity index (χ0) is 11.4. The molecule has 80 valence electrons. The van der Waals surface area contributed by atoms with Gasteiger partial charge in [-0.05, 0) is 29.3 Å². The first-order chi connectivity index (χ1) is 7.00. The van der Waals surface area contributed by atoms with Gasteiger partial charge in [0.15, 0.2) is 0 Å². The number of carboxylic acid groups (broad SMARTS) is 1. The van der Waals surface area contributed by atoms with Gasteiger partial charge in [-0.25, -0.2) is 4.79 Å². The summed E-state index contributed by atoms with van der Waals surface area (Å²) in [6, 6.07) is 6.49. The number of benzene rings is 1. The van der Waals surface area contributed by atoms with Crippen molar-refractivity contribution in [3.8, 4) is 0 Å². The van der Waals surface area contributed by atoms with Crippen LogP contribution in [0.4, 0.5) is 4.79 Å². The Labute approximate surface area is 92.1 Å². The van der Waals surface area contributed by atoms with Crippen LogP contribution in [0.25, 0.3) is 0 Å². The molecule has 0 aliphatic heterocycles. The van der Waals surface area contributed by atoms with Gasteiger partial charge in [0.05, 0.1) is 0 Å². The Morgan fingerprint density at radius 3 is 2.27 bits per heavy atom. The van der Waals surface area contributed by atoms with Crippen LogP contribution in [-0.2, 0) is 6.54 Å². The number of carbonyl (C=O) groups is 2. The molecule has 0 aliphatic carbocycles. The summed E-state index contributed by atoms with van der Waals surface area (Å²) >= 11 is 5.27. The van der Waals surface area contributed by atoms with Crippen molar-refractivity contribution in [3.05, 3.63) is 35.4 Å². The molecular formula is C10H10ClNO3. The van der Waals surface area contributed by atoms with E-state index in [1.807, 2.05) is 0 Å². The summed E-state index contributed by atoms with van der Waals surface area (Å²) in [5.41, 5.74) is 1.21. The van der Waals surface area contributed by atoms with Crippen molar-refractivity contribution in [2.75, 3.05) is 7.05 Å². The molecule has 0 aromatic heterocycles. The number of rotatable bonds is 3. The number of carbonyl (C=O) groups excluding carboxylic acids is 1. The van der Waals surface area contributed by atoms with Gasteiger partial charge in [0.2, 0.25) is 0 Å². The van der Waals surface area contributed by atoms with Gasteiger partial charge in [-0.1, -0.05) is 12.1 Å². The third-order valence-electron chi connectivity index (χ3n) is 1.93. The summed E-state index contributed by atoms with van der Waals surface area (Å²) in [4.78, 5) is 22.4. The first-order valence-corrected chi connectivity index (χ1v) is 4.61. The van der Waals surface area contributed by atoms with Crippen LogP contribution in [0.5, 0.6) is 0 Å². The molecule has 0 saturated carbocycles. The van der Waals surface area contributed by atoms with E-state index < -0.39 is 11.3 Å². The largest absolute Gasteiger partial charge is 0.465 e. The van der Waals surface area contributed by atoms with Crippen LogP contribution in [0.15, 0.2) is 24.3 Å². The molecule has 4 nitrogen and oxygen atoms in total. The molecule has 0 saturated heterocycles. The van der Waals surface area contributed by atoms with Gasteiger partial charge in [-0.2, -0.15) is 0 Å². The average molecular weight is 228 g/mol. The summed E-state index contributed by atoms with van der Waals surface area (Å²) in [7, 11) is 1.48. The van der Waals surface area contributed by atoms with E-state index in [0.29, 0.717) is 5.56 Å². The zero-order valence-corrected chi connectivity index (χ0v) is 8.86. The molecule has 5 heteroatoms. The molecular weight excluding hydrogens is 218 g/mol. The van der Waals surface area contributed by atoms with Crippen molar-refractivity contribution in [2.45, 2.75) is 6.54 Å². The lowest BCUT2D eigenvalue weighted by Gasteiger charge is -2.12. The van der Waals surface area contributed by atoms with Crippen LogP contribution in [-0.4, -0.2) is 28.4 Å². The minimum Gasteiger partial charge on any atom is -0.465 e. The summed E-state index contributed by atoms with van der Waals surface area (Å²) < 4.78 is 0. The maximum Gasteiger partial charge on any atom is 0.407 e. The predicted octanol–water partition coefficient (Wildman–Crippen LogP) is 2.18. The van der Waals surface area contributed by atoms with Gasteiger partial charge in [0.1, 0.15) is 0 Å². The van der Waals surface area contributed by atoms with Gasteiger partial charge >= 0.3 is 6.09 Å². The highest BCUT2D eigenvalue weighted by Gasteiger charge is 2.06. The van der Waals surface area contributed by atoms with Crippen LogP contribution >= 0.6 is 11.6 Å². The van der Waals surface area contributed by atoms with Crippen molar-refractivity contribution in [3.63, 3.8) is 0 Å². The van der Waals surface area contributed by atoms with E-state index in [1.165, 1.54) is 7.05 Å². The van der Waals surface area contributed by atoms with Crippen LogP contribution < -0.4 is 0 Å². The van der Waals surface area contributed by atoms with E-state index >= 15 is 0 Å². The van der Waals surface area contributed by atoms with Gasteiger partial charge in [-0.3, -0.25) is 4.79 Å². The second-order valence-electron chi connectivity index (χ2n) is 3.11. The van der Waals surface area contributed by atoms with E-state index in [2.05, 4.69) is 0 Å². The Kier molecular flexibility index (Phi) is 3.68. The number of hydrogen-bond donors (Lipinski definition) is 1. The summed E-state index contributed by atoms with van der Waals surface area (Å²) in [5, 5.41) is 8.12. The summed E-state index contributed by atoms with van der Waals surface area (Å²) in [6.45, 7) is 0.284. The molecule has 0 atom stereocenters. The van der Waals surface area contributed by atoms with E-state index in [1.54, 1.807) is 24.3 Å². The lowest BCUT2D eigenvalue weighted by Crippen LogP contribution is -2.23. The smallest absolute Gasteiger partial charge is 0.407 e. The van der Waals surface area contributed by atoms with Crippen molar-refractivity contribution >= 4 is 22.9 Å². The first-order valence-electron chi connectivity index (χ1n) is 4.23.